The molecule has 0 aliphatic carbocycles. The van der Waals surface area contributed by atoms with Crippen molar-refractivity contribution in [1.29, 1.82) is 0 Å². The van der Waals surface area contributed by atoms with Crippen LogP contribution in [-0.2, 0) is 28.4 Å². The monoisotopic (exact) mass is 691 g/mol. The molecule has 1 amide bonds. The van der Waals surface area contributed by atoms with Gasteiger partial charge in [0.15, 0.2) is 0 Å². The molecule has 2 aromatic carbocycles. The van der Waals surface area contributed by atoms with Crippen LogP contribution in [0.25, 0.3) is 0 Å². The minimum absolute atomic E-state index is 0.0117. The number of aryl methyl sites for hydroxylation is 1. The van der Waals surface area contributed by atoms with Crippen LogP contribution in [0.4, 0.5) is 36.3 Å². The molecular weight excluding hydrogens is 647 g/mol. The van der Waals surface area contributed by atoms with Crippen LogP contribution < -0.4 is 25.0 Å². The number of carbonyl (C=O) groups is 1. The lowest BCUT2D eigenvalue weighted by atomic mass is 10.0. The Morgan fingerprint density at radius 3 is 2.58 bits per heavy atom. The summed E-state index contributed by atoms with van der Waals surface area (Å²) in [5.74, 6) is -0.486. The van der Waals surface area contributed by atoms with Crippen LogP contribution in [0.2, 0.25) is 0 Å². The number of ether oxygens (including phenoxy) is 2. The maximum Gasteiger partial charge on any atom is 0.421 e. The first-order valence-corrected chi connectivity index (χ1v) is 17.4. The molecule has 2 fully saturated rings. The zero-order valence-corrected chi connectivity index (χ0v) is 28.9. The standard InChI is InChI=1S/C31H38F3N7O4S.C2H6/c1-19-7-8-21(26(12-19)40(2)46(4)43)14-35-28-24(31(32,33)34)15-36-30(39-28)38-25-10-9-20(13-27(25)44-3)29(42)37-22-6-5-11-41(16-22)23-17-45-18-23;1-2/h7-10,12-13,15,22-23H,5-6,11,14,16-18H2,1-4H3,(H,37,42)(H2,35,36,38,39);1-2H3/t22-,46?;/m1./s1. The average Bonchev–Trinajstić information content (AvgIpc) is 3.03. The first-order valence-electron chi connectivity index (χ1n) is 15.9. The van der Waals surface area contributed by atoms with Gasteiger partial charge in [-0.1, -0.05) is 26.0 Å². The van der Waals surface area contributed by atoms with Gasteiger partial charge in [0.05, 0.1) is 37.7 Å². The largest absolute Gasteiger partial charge is 0.495 e. The summed E-state index contributed by atoms with van der Waals surface area (Å²) >= 11 is 0. The lowest BCUT2D eigenvalue weighted by molar-refractivity contribution is -0.137. The number of carbonyl (C=O) groups excluding carboxylic acids is 1. The second-order valence-corrected chi connectivity index (χ2v) is 12.8. The van der Waals surface area contributed by atoms with Gasteiger partial charge in [-0.25, -0.2) is 9.19 Å². The molecule has 262 valence electrons. The molecule has 5 rings (SSSR count). The number of hydrogen-bond donors (Lipinski definition) is 3. The Morgan fingerprint density at radius 1 is 1.19 bits per heavy atom. The average molecular weight is 692 g/mol. The van der Waals surface area contributed by atoms with Crippen LogP contribution >= 0.6 is 0 Å². The van der Waals surface area contributed by atoms with Crippen molar-refractivity contribution < 1.29 is 31.6 Å². The molecule has 0 spiro atoms. The van der Waals surface area contributed by atoms with Crippen molar-refractivity contribution in [3.8, 4) is 5.75 Å². The highest BCUT2D eigenvalue weighted by Gasteiger charge is 2.35. The number of nitrogens with one attached hydrogen (secondary N) is 3. The van der Waals surface area contributed by atoms with Crippen molar-refractivity contribution in [2.24, 2.45) is 0 Å². The summed E-state index contributed by atoms with van der Waals surface area (Å²) in [6.07, 6.45) is -0.618. The fourth-order valence-corrected chi connectivity index (χ4v) is 5.88. The fraction of sp³-hybridized carbons (Fsp3) is 0.485. The number of amides is 1. The minimum Gasteiger partial charge on any atom is -0.495 e. The third kappa shape index (κ3) is 9.14. The van der Waals surface area contributed by atoms with Gasteiger partial charge in [-0.3, -0.25) is 14.0 Å². The van der Waals surface area contributed by atoms with E-state index < -0.39 is 28.5 Å². The molecule has 1 unspecified atom stereocenters. The van der Waals surface area contributed by atoms with Crippen molar-refractivity contribution in [3.63, 3.8) is 0 Å². The topological polar surface area (TPSA) is 121 Å². The molecule has 3 aromatic rings. The molecule has 11 nitrogen and oxygen atoms in total. The van der Waals surface area contributed by atoms with Gasteiger partial charge in [0.2, 0.25) is 5.95 Å². The van der Waals surface area contributed by atoms with Gasteiger partial charge in [-0.05, 0) is 61.7 Å². The Balaban J connectivity index is 0.00000255. The third-order valence-corrected chi connectivity index (χ3v) is 9.11. The van der Waals surface area contributed by atoms with Gasteiger partial charge in [0, 0.05) is 44.2 Å². The number of piperidine rings is 1. The Morgan fingerprint density at radius 2 is 1.94 bits per heavy atom. The van der Waals surface area contributed by atoms with E-state index in [1.165, 1.54) is 13.4 Å². The Bertz CT molecular complexity index is 1590. The van der Waals surface area contributed by atoms with Gasteiger partial charge in [0.25, 0.3) is 5.91 Å². The van der Waals surface area contributed by atoms with Crippen LogP contribution in [-0.4, -0.2) is 83.8 Å². The van der Waals surface area contributed by atoms with Crippen molar-refractivity contribution >= 4 is 40.0 Å². The number of anilines is 4. The Hall–Kier alpha value is -3.95. The van der Waals surface area contributed by atoms with Crippen molar-refractivity contribution in [2.45, 2.75) is 58.4 Å². The summed E-state index contributed by atoms with van der Waals surface area (Å²) in [5.41, 5.74) is 1.89. The Kier molecular flexibility index (Phi) is 12.6. The summed E-state index contributed by atoms with van der Waals surface area (Å²) in [5, 5.41) is 8.82. The number of methoxy groups -OCH3 is 1. The zero-order valence-electron chi connectivity index (χ0n) is 28.1. The lowest BCUT2D eigenvalue weighted by Crippen LogP contribution is -2.56. The van der Waals surface area contributed by atoms with E-state index in [1.54, 1.807) is 35.6 Å². The van der Waals surface area contributed by atoms with E-state index in [1.807, 2.05) is 32.9 Å². The normalized spacial score (nSPS) is 17.3. The maximum atomic E-state index is 13.9. The molecule has 0 saturated carbocycles. The number of likely N-dealkylation sites (tertiary alicyclic amines) is 1. The quantitative estimate of drug-likeness (QED) is 0.239. The SMILES string of the molecule is CC.COc1cc(C(=O)N[C@@H]2CCCN(C3COC3)C2)ccc1Nc1ncc(C(F)(F)F)c(NCc2ccc(C)cc2N(C)S(C)=O)n1. The first kappa shape index (κ1) is 36.9. The van der Waals surface area contributed by atoms with E-state index in [4.69, 9.17) is 9.47 Å². The van der Waals surface area contributed by atoms with Crippen LogP contribution in [0, 0.1) is 6.92 Å². The molecular formula is C33H44F3N7O4S. The van der Waals surface area contributed by atoms with Gasteiger partial charge in [-0.15, -0.1) is 0 Å². The van der Waals surface area contributed by atoms with Crippen molar-refractivity contribution in [1.82, 2.24) is 20.2 Å². The molecule has 15 heteroatoms. The highest BCUT2D eigenvalue weighted by atomic mass is 32.2. The highest BCUT2D eigenvalue weighted by molar-refractivity contribution is 7.85. The summed E-state index contributed by atoms with van der Waals surface area (Å²) in [4.78, 5) is 23.5. The van der Waals surface area contributed by atoms with E-state index in [-0.39, 0.29) is 24.4 Å². The van der Waals surface area contributed by atoms with Crippen molar-refractivity contribution in [2.75, 3.05) is 61.7 Å². The maximum absolute atomic E-state index is 13.9. The first-order chi connectivity index (χ1) is 22.9. The van der Waals surface area contributed by atoms with Crippen LogP contribution in [0.1, 0.15) is 53.7 Å². The summed E-state index contributed by atoms with van der Waals surface area (Å²) < 4.78 is 66.3. The summed E-state index contributed by atoms with van der Waals surface area (Å²) in [6.45, 7) is 9.05. The van der Waals surface area contributed by atoms with Gasteiger partial charge in [0.1, 0.15) is 28.1 Å². The molecule has 48 heavy (non-hydrogen) atoms. The summed E-state index contributed by atoms with van der Waals surface area (Å²) in [6, 6.07) is 10.6. The molecule has 3 heterocycles. The zero-order chi connectivity index (χ0) is 35.0. The molecule has 0 bridgehead atoms. The highest BCUT2D eigenvalue weighted by Crippen LogP contribution is 2.36. The van der Waals surface area contributed by atoms with Gasteiger partial charge >= 0.3 is 6.18 Å². The van der Waals surface area contributed by atoms with Crippen molar-refractivity contribution in [3.05, 3.63) is 64.8 Å². The smallest absolute Gasteiger partial charge is 0.421 e. The second kappa shape index (κ2) is 16.4. The number of halogens is 3. The van der Waals surface area contributed by atoms with Crippen LogP contribution in [0.15, 0.2) is 42.6 Å². The van der Waals surface area contributed by atoms with E-state index in [2.05, 4.69) is 30.8 Å². The van der Waals surface area contributed by atoms with E-state index in [0.717, 1.165) is 44.7 Å². The number of alkyl halides is 3. The molecule has 2 aliphatic rings. The molecule has 1 aromatic heterocycles. The molecule has 3 N–H and O–H groups in total. The molecule has 2 aliphatic heterocycles. The second-order valence-electron chi connectivity index (χ2n) is 11.4. The fourth-order valence-electron chi connectivity index (χ4n) is 5.43. The van der Waals surface area contributed by atoms with Crippen LogP contribution in [0.3, 0.4) is 0 Å². The minimum atomic E-state index is -4.72. The third-order valence-electron chi connectivity index (χ3n) is 8.14. The predicted molar refractivity (Wildman–Crippen MR) is 182 cm³/mol. The van der Waals surface area contributed by atoms with E-state index >= 15 is 0 Å². The van der Waals surface area contributed by atoms with Crippen LogP contribution in [0.5, 0.6) is 5.75 Å². The van der Waals surface area contributed by atoms with Gasteiger partial charge in [-0.2, -0.15) is 18.2 Å². The van der Waals surface area contributed by atoms with E-state index in [9.17, 15) is 22.2 Å². The molecule has 2 saturated heterocycles. The number of hydrogen-bond acceptors (Lipinski definition) is 9. The number of nitrogens with zero attached hydrogens (tertiary/aromatic N) is 4. The number of benzene rings is 2. The molecule has 2 atom stereocenters. The Labute approximate surface area is 282 Å². The van der Waals surface area contributed by atoms with Gasteiger partial charge < -0.3 is 25.4 Å². The lowest BCUT2D eigenvalue weighted by Gasteiger charge is -2.42. The summed E-state index contributed by atoms with van der Waals surface area (Å²) in [7, 11) is 1.75. The molecule has 0 radical (unpaired) electrons. The van der Waals surface area contributed by atoms with E-state index in [0.29, 0.717) is 40.5 Å². The number of aromatic nitrogens is 2. The predicted octanol–water partition coefficient (Wildman–Crippen LogP) is 5.52. The number of rotatable bonds is 11.